The van der Waals surface area contributed by atoms with Crippen molar-refractivity contribution >= 4 is 34.0 Å². The van der Waals surface area contributed by atoms with Crippen LogP contribution in [0.3, 0.4) is 0 Å². The number of halogens is 3. The lowest BCUT2D eigenvalue weighted by Crippen LogP contribution is -2.28. The Hall–Kier alpha value is -2.89. The van der Waals surface area contributed by atoms with Gasteiger partial charge in [-0.1, -0.05) is 11.3 Å². The van der Waals surface area contributed by atoms with Crippen molar-refractivity contribution in [1.29, 1.82) is 0 Å². The van der Waals surface area contributed by atoms with E-state index in [9.17, 15) is 22.8 Å². The number of carbonyl (C=O) groups excluding carboxylic acids is 2. The number of nitrogens with one attached hydrogen (secondary N) is 1. The number of benzene rings is 1. The van der Waals surface area contributed by atoms with Crippen molar-refractivity contribution in [2.45, 2.75) is 12.6 Å². The smallest absolute Gasteiger partial charge is 0.445 e. The molecule has 0 saturated carbocycles. The van der Waals surface area contributed by atoms with E-state index in [-0.39, 0.29) is 35.3 Å². The third kappa shape index (κ3) is 4.01. The molecule has 1 aromatic carbocycles. The molecule has 1 aliphatic rings. The zero-order valence-electron chi connectivity index (χ0n) is 14.7. The SMILES string of the molecule is COc1ccc(OC)c(N2C[C@@H](C(=O)Nc3nnc(C(F)(F)F)s3)CC2=O)c1. The lowest BCUT2D eigenvalue weighted by atomic mass is 10.1. The first-order valence-corrected chi connectivity index (χ1v) is 8.78. The summed E-state index contributed by atoms with van der Waals surface area (Å²) < 4.78 is 48.2. The molecule has 0 bridgehead atoms. The van der Waals surface area contributed by atoms with Gasteiger partial charge in [-0.2, -0.15) is 13.2 Å². The van der Waals surface area contributed by atoms with Crippen LogP contribution in [0.25, 0.3) is 0 Å². The van der Waals surface area contributed by atoms with Crippen molar-refractivity contribution in [3.63, 3.8) is 0 Å². The Bertz CT molecular complexity index is 902. The quantitative estimate of drug-likeness (QED) is 0.805. The molecule has 1 aromatic heterocycles. The van der Waals surface area contributed by atoms with E-state index in [0.29, 0.717) is 17.2 Å². The molecule has 1 atom stereocenters. The topological polar surface area (TPSA) is 93.7 Å². The highest BCUT2D eigenvalue weighted by Gasteiger charge is 2.38. The summed E-state index contributed by atoms with van der Waals surface area (Å²) in [6, 6.07) is 4.91. The van der Waals surface area contributed by atoms with Gasteiger partial charge in [-0.25, -0.2) is 0 Å². The van der Waals surface area contributed by atoms with E-state index in [1.165, 1.54) is 19.1 Å². The molecule has 0 radical (unpaired) electrons. The van der Waals surface area contributed by atoms with Gasteiger partial charge in [-0.15, -0.1) is 10.2 Å². The molecule has 2 aromatic rings. The molecule has 1 fully saturated rings. The number of hydrogen-bond acceptors (Lipinski definition) is 7. The summed E-state index contributed by atoms with van der Waals surface area (Å²) in [6.45, 7) is 0.0408. The van der Waals surface area contributed by atoms with E-state index in [0.717, 1.165) is 0 Å². The first-order chi connectivity index (χ1) is 13.2. The Balaban J connectivity index is 1.74. The van der Waals surface area contributed by atoms with Crippen LogP contribution in [0.2, 0.25) is 0 Å². The van der Waals surface area contributed by atoms with Gasteiger partial charge in [0.2, 0.25) is 22.0 Å². The number of amides is 2. The van der Waals surface area contributed by atoms with Gasteiger partial charge in [-0.3, -0.25) is 9.59 Å². The van der Waals surface area contributed by atoms with Gasteiger partial charge in [-0.05, 0) is 12.1 Å². The monoisotopic (exact) mass is 416 g/mol. The molecule has 28 heavy (non-hydrogen) atoms. The van der Waals surface area contributed by atoms with Crippen molar-refractivity contribution < 1.29 is 32.2 Å². The van der Waals surface area contributed by atoms with Crippen LogP contribution in [0.5, 0.6) is 11.5 Å². The maximum Gasteiger partial charge on any atom is 0.445 e. The molecule has 2 heterocycles. The highest BCUT2D eigenvalue weighted by Crippen LogP contribution is 2.37. The maximum atomic E-state index is 12.6. The molecule has 1 N–H and O–H groups in total. The molecule has 2 amide bonds. The summed E-state index contributed by atoms with van der Waals surface area (Å²) in [5.74, 6) is -0.761. The Morgan fingerprint density at radius 3 is 2.64 bits per heavy atom. The highest BCUT2D eigenvalue weighted by atomic mass is 32.1. The third-order valence-electron chi connectivity index (χ3n) is 4.07. The second-order valence-electron chi connectivity index (χ2n) is 5.84. The van der Waals surface area contributed by atoms with E-state index in [1.54, 1.807) is 18.2 Å². The Morgan fingerprint density at radius 1 is 1.29 bits per heavy atom. The molecule has 0 spiro atoms. The number of ether oxygens (including phenoxy) is 2. The number of anilines is 2. The van der Waals surface area contributed by atoms with Gasteiger partial charge >= 0.3 is 6.18 Å². The molecule has 1 aliphatic heterocycles. The fourth-order valence-corrected chi connectivity index (χ4v) is 3.33. The Labute approximate surface area is 161 Å². The summed E-state index contributed by atoms with van der Waals surface area (Å²) in [6.07, 6.45) is -4.74. The van der Waals surface area contributed by atoms with Gasteiger partial charge in [0.05, 0.1) is 25.8 Å². The number of methoxy groups -OCH3 is 2. The minimum atomic E-state index is -4.64. The predicted octanol–water partition coefficient (Wildman–Crippen LogP) is 2.57. The lowest BCUT2D eigenvalue weighted by Gasteiger charge is -2.20. The molecule has 12 heteroatoms. The summed E-state index contributed by atoms with van der Waals surface area (Å²) in [4.78, 5) is 26.2. The van der Waals surface area contributed by atoms with Crippen molar-refractivity contribution in [2.75, 3.05) is 31.0 Å². The average molecular weight is 416 g/mol. The average Bonchev–Trinajstić information content (AvgIpc) is 3.27. The molecule has 150 valence electrons. The molecular weight excluding hydrogens is 401 g/mol. The zero-order valence-corrected chi connectivity index (χ0v) is 15.6. The predicted molar refractivity (Wildman–Crippen MR) is 93.5 cm³/mol. The summed E-state index contributed by atoms with van der Waals surface area (Å²) >= 11 is 0.222. The lowest BCUT2D eigenvalue weighted by molar-refractivity contribution is -0.138. The fraction of sp³-hybridized carbons (Fsp3) is 0.375. The van der Waals surface area contributed by atoms with Gasteiger partial charge in [0, 0.05) is 19.0 Å². The van der Waals surface area contributed by atoms with E-state index < -0.39 is 23.0 Å². The largest absolute Gasteiger partial charge is 0.497 e. The van der Waals surface area contributed by atoms with Crippen molar-refractivity contribution in [3.8, 4) is 11.5 Å². The standard InChI is InChI=1S/C16H15F3N4O4S/c1-26-9-3-4-11(27-2)10(6-9)23-7-8(5-12(23)24)13(25)20-15-22-21-14(28-15)16(17,18)19/h3-4,6,8H,5,7H2,1-2H3,(H,20,22,25)/t8-/m0/s1. The van der Waals surface area contributed by atoms with Crippen LogP contribution >= 0.6 is 11.3 Å². The van der Waals surface area contributed by atoms with Crippen LogP contribution in [-0.2, 0) is 15.8 Å². The second-order valence-corrected chi connectivity index (χ2v) is 6.82. The van der Waals surface area contributed by atoms with Crippen LogP contribution in [-0.4, -0.2) is 42.8 Å². The summed E-state index contributed by atoms with van der Waals surface area (Å²) in [7, 11) is 2.93. The Morgan fingerprint density at radius 2 is 2.04 bits per heavy atom. The Kier molecular flexibility index (Phi) is 5.40. The van der Waals surface area contributed by atoms with Crippen LogP contribution < -0.4 is 19.7 Å². The number of nitrogens with zero attached hydrogens (tertiary/aromatic N) is 3. The van der Waals surface area contributed by atoms with E-state index in [2.05, 4.69) is 15.5 Å². The van der Waals surface area contributed by atoms with Gasteiger partial charge in [0.25, 0.3) is 0 Å². The summed E-state index contributed by atoms with van der Waals surface area (Å²) in [5.41, 5.74) is 0.442. The maximum absolute atomic E-state index is 12.6. The first kappa shape index (κ1) is 19.9. The number of carbonyl (C=O) groups is 2. The van der Waals surface area contributed by atoms with Crippen molar-refractivity contribution in [3.05, 3.63) is 23.2 Å². The number of hydrogen-bond donors (Lipinski definition) is 1. The van der Waals surface area contributed by atoms with Gasteiger partial charge < -0.3 is 19.7 Å². The minimum Gasteiger partial charge on any atom is -0.497 e. The normalized spacial score (nSPS) is 17.0. The third-order valence-corrected chi connectivity index (χ3v) is 4.95. The molecule has 1 saturated heterocycles. The molecule has 8 nitrogen and oxygen atoms in total. The van der Waals surface area contributed by atoms with Crippen LogP contribution in [0.4, 0.5) is 24.0 Å². The van der Waals surface area contributed by atoms with Crippen LogP contribution in [0.1, 0.15) is 11.4 Å². The fourth-order valence-electron chi connectivity index (χ4n) is 2.72. The first-order valence-electron chi connectivity index (χ1n) is 7.97. The van der Waals surface area contributed by atoms with E-state index in [4.69, 9.17) is 9.47 Å². The zero-order chi connectivity index (χ0) is 20.5. The van der Waals surface area contributed by atoms with Crippen molar-refractivity contribution in [2.24, 2.45) is 5.92 Å². The van der Waals surface area contributed by atoms with Gasteiger partial charge in [0.1, 0.15) is 11.5 Å². The minimum absolute atomic E-state index is 0.0408. The second kappa shape index (κ2) is 7.62. The van der Waals surface area contributed by atoms with Crippen molar-refractivity contribution in [1.82, 2.24) is 10.2 Å². The van der Waals surface area contributed by atoms with Gasteiger partial charge in [0.15, 0.2) is 0 Å². The number of aromatic nitrogens is 2. The van der Waals surface area contributed by atoms with Crippen LogP contribution in [0.15, 0.2) is 18.2 Å². The molecular formula is C16H15F3N4O4S. The number of alkyl halides is 3. The molecule has 3 rings (SSSR count). The summed E-state index contributed by atoms with van der Waals surface area (Å²) in [5, 5.41) is 7.19. The number of rotatable bonds is 5. The van der Waals surface area contributed by atoms with E-state index >= 15 is 0 Å². The molecule has 0 unspecified atom stereocenters. The van der Waals surface area contributed by atoms with E-state index in [1.807, 2.05) is 0 Å². The van der Waals surface area contributed by atoms with Crippen LogP contribution in [0, 0.1) is 5.92 Å². The highest BCUT2D eigenvalue weighted by molar-refractivity contribution is 7.15. The molecule has 0 aliphatic carbocycles.